The van der Waals surface area contributed by atoms with Gasteiger partial charge in [-0.15, -0.1) is 23.2 Å². The fraction of sp³-hybridized carbons (Fsp3) is 0.659. The van der Waals surface area contributed by atoms with E-state index in [4.69, 9.17) is 65.8 Å². The van der Waals surface area contributed by atoms with Crippen molar-refractivity contribution in [3.63, 3.8) is 0 Å². The number of Topliss-reactive ketones (excluding diaryl/α,β-unsaturated/α-hetero) is 1. The standard InChI is InChI=1S/C31H42O8.C29H38O10.C29H36O10.CH2Cl2.CH4/c1-16-13-22-30(15-37-22,39-19(4)32)24-26(38-27(35)20-11-9-8-10-12-20)31(36)14-21(33)17(2)23(28(31,5)6)18(3)25(34)29(16,24)7;2*1-14-17(31)12-29(36)24(38-25(35)16-9-7-6-8-10-16)22-27(5,23(34)21(33)20(14)26(29,3)4)18(32)11-19-28(22,13-37-19)39-15(2)30;2-1-3;/h8-12,16,18,21-22,24-26,33-34,36H,13-15H2,1-7H3;6-10,17-19,21-24,31-34,36H,11-13H2,1-5H3;6-10,17-19,21-22,24,31-33,36H,11-13H2,1-5H3;1H2;1H4/t16-,18+,21-,22+,24?,25+,26-,29+,30-,31+;17-,18-,19+,21+,22?,23+,24-,27+,28-,29+;17-,18-,19+,21+,22?,24-,27+,28-,29+;;/m000../s1. The van der Waals surface area contributed by atoms with Gasteiger partial charge in [0.05, 0.1) is 108 Å². The van der Waals surface area contributed by atoms with E-state index >= 15 is 0 Å². The Labute approximate surface area is 715 Å². The Morgan fingerprint density at radius 3 is 1.10 bits per heavy atom. The highest BCUT2D eigenvalue weighted by atomic mass is 35.5. The van der Waals surface area contributed by atoms with Gasteiger partial charge in [0.25, 0.3) is 0 Å². The number of halogens is 2. The van der Waals surface area contributed by atoms with Crippen molar-refractivity contribution in [3.05, 3.63) is 141 Å². The van der Waals surface area contributed by atoms with Gasteiger partial charge >= 0.3 is 35.8 Å². The second kappa shape index (κ2) is 33.3. The van der Waals surface area contributed by atoms with Crippen LogP contribution in [0.1, 0.15) is 195 Å². The number of fused-ring (bicyclic) bond motifs is 15. The number of esters is 6. The number of ketones is 1. The molecule has 121 heavy (non-hydrogen) atoms. The van der Waals surface area contributed by atoms with Gasteiger partial charge in [-0.25, -0.2) is 14.4 Å². The lowest BCUT2D eigenvalue weighted by Crippen LogP contribution is -2.82. The summed E-state index contributed by atoms with van der Waals surface area (Å²) in [6.07, 6.45) is -18.9. The minimum atomic E-state index is -2.07. The lowest BCUT2D eigenvalue weighted by Gasteiger charge is -2.69. The van der Waals surface area contributed by atoms with Crippen LogP contribution in [0, 0.1) is 62.1 Å². The van der Waals surface area contributed by atoms with E-state index in [0.717, 1.165) is 11.1 Å². The molecular formula is C91H122Cl2O28. The Morgan fingerprint density at radius 1 is 0.438 bits per heavy atom. The summed E-state index contributed by atoms with van der Waals surface area (Å²) in [7, 11) is 0. The average molecular weight is 1730 g/mol. The molecule has 0 amide bonds. The Bertz CT molecular complexity index is 4370. The number of hydrogen-bond acceptors (Lipinski definition) is 28. The van der Waals surface area contributed by atoms with Gasteiger partial charge in [0.1, 0.15) is 65.6 Å². The summed E-state index contributed by atoms with van der Waals surface area (Å²) in [5, 5.41) is 142. The molecular weight excluding hydrogens is 1610 g/mol. The molecule has 12 aliphatic rings. The Balaban J connectivity index is 0.000000174. The molecule has 28 nitrogen and oxygen atoms in total. The molecule has 6 saturated carbocycles. The molecule has 6 bridgehead atoms. The molecule has 30 heteroatoms. The third-order valence-electron chi connectivity index (χ3n) is 31.1. The van der Waals surface area contributed by atoms with E-state index in [-0.39, 0.29) is 92.9 Å². The van der Waals surface area contributed by atoms with Crippen molar-refractivity contribution in [2.45, 2.75) is 289 Å². The van der Waals surface area contributed by atoms with Gasteiger partial charge < -0.3 is 104 Å². The van der Waals surface area contributed by atoms with E-state index in [1.807, 2.05) is 41.5 Å². The molecule has 3 heterocycles. The molecule has 12 N–H and O–H groups in total. The Morgan fingerprint density at radius 2 is 0.744 bits per heavy atom. The predicted molar refractivity (Wildman–Crippen MR) is 437 cm³/mol. The van der Waals surface area contributed by atoms with Gasteiger partial charge in [-0.1, -0.05) is 137 Å². The molecule has 3 aromatic carbocycles. The van der Waals surface area contributed by atoms with Crippen LogP contribution in [0.2, 0.25) is 0 Å². The summed E-state index contributed by atoms with van der Waals surface area (Å²) in [6.45, 7) is 27.8. The molecule has 668 valence electrons. The summed E-state index contributed by atoms with van der Waals surface area (Å²) in [4.78, 5) is 92.6. The van der Waals surface area contributed by atoms with Crippen LogP contribution in [-0.4, -0.2) is 253 Å². The minimum Gasteiger partial charge on any atom is -0.455 e. The average Bonchev–Trinajstić information content (AvgIpc) is 0.678. The van der Waals surface area contributed by atoms with Crippen LogP contribution in [0.4, 0.5) is 0 Å². The van der Waals surface area contributed by atoms with Crippen molar-refractivity contribution < 1.29 is 137 Å². The summed E-state index contributed by atoms with van der Waals surface area (Å²) in [5.41, 5.74) is -15.1. The Kier molecular flexibility index (Phi) is 26.1. The molecule has 9 fully saturated rings. The number of carbonyl (C=O) groups excluding carboxylic acids is 7. The first-order valence-electron chi connectivity index (χ1n) is 41.1. The zero-order valence-corrected chi connectivity index (χ0v) is 72.4. The fourth-order valence-electron chi connectivity index (χ4n) is 24.3. The first-order chi connectivity index (χ1) is 55.8. The maximum Gasteiger partial charge on any atom is 0.338 e. The van der Waals surface area contributed by atoms with Gasteiger partial charge in [0.15, 0.2) is 22.6 Å². The van der Waals surface area contributed by atoms with Crippen molar-refractivity contribution >= 4 is 64.8 Å². The van der Waals surface area contributed by atoms with Gasteiger partial charge in [-0.3, -0.25) is 19.2 Å². The maximum atomic E-state index is 14.3. The second-order valence-electron chi connectivity index (χ2n) is 37.8. The fourth-order valence-corrected chi connectivity index (χ4v) is 24.3. The first-order valence-corrected chi connectivity index (χ1v) is 42.2. The lowest BCUT2D eigenvalue weighted by molar-refractivity contribution is -0.365. The van der Waals surface area contributed by atoms with E-state index in [1.54, 1.807) is 127 Å². The number of benzene rings is 3. The van der Waals surface area contributed by atoms with Crippen LogP contribution in [0.5, 0.6) is 0 Å². The molecule has 29 atom stereocenters. The van der Waals surface area contributed by atoms with Crippen molar-refractivity contribution in [1.29, 1.82) is 0 Å². The molecule has 3 saturated heterocycles. The number of hydrogen-bond donors (Lipinski definition) is 12. The highest BCUT2D eigenvalue weighted by Crippen LogP contribution is 2.70. The van der Waals surface area contributed by atoms with Crippen molar-refractivity contribution in [2.75, 3.05) is 25.2 Å². The second-order valence-corrected chi connectivity index (χ2v) is 38.6. The number of ether oxygens (including phenoxy) is 9. The number of rotatable bonds is 9. The topological polar surface area (TPSA) is 445 Å². The quantitative estimate of drug-likeness (QED) is 0.0428. The van der Waals surface area contributed by atoms with Gasteiger partial charge in [-0.2, -0.15) is 0 Å². The zero-order valence-electron chi connectivity index (χ0n) is 70.9. The third-order valence-corrected chi connectivity index (χ3v) is 31.1. The van der Waals surface area contributed by atoms with E-state index in [1.165, 1.54) is 39.8 Å². The van der Waals surface area contributed by atoms with Crippen LogP contribution in [0.15, 0.2) is 124 Å². The molecule has 0 radical (unpaired) electrons. The smallest absolute Gasteiger partial charge is 0.338 e. The monoisotopic (exact) mass is 1730 g/mol. The highest BCUT2D eigenvalue weighted by molar-refractivity contribution is 6.40. The van der Waals surface area contributed by atoms with Crippen LogP contribution in [0.3, 0.4) is 0 Å². The van der Waals surface area contributed by atoms with E-state index in [0.29, 0.717) is 23.1 Å². The summed E-state index contributed by atoms with van der Waals surface area (Å²) < 4.78 is 54.0. The number of alkyl halides is 2. The van der Waals surface area contributed by atoms with Crippen molar-refractivity contribution in [1.82, 2.24) is 0 Å². The van der Waals surface area contributed by atoms with Crippen molar-refractivity contribution in [2.24, 2.45) is 62.1 Å². The molecule has 15 rings (SSSR count). The summed E-state index contributed by atoms with van der Waals surface area (Å²) in [6, 6.07) is 24.8. The molecule has 3 unspecified atom stereocenters. The highest BCUT2D eigenvalue weighted by Gasteiger charge is 2.82. The molecule has 0 aromatic heterocycles. The van der Waals surface area contributed by atoms with Crippen LogP contribution < -0.4 is 0 Å². The predicted octanol–water partition coefficient (Wildman–Crippen LogP) is 7.44. The molecule has 3 aromatic rings. The molecule has 0 spiro atoms. The van der Waals surface area contributed by atoms with Crippen LogP contribution in [0.25, 0.3) is 0 Å². The molecule has 9 aliphatic carbocycles. The van der Waals surface area contributed by atoms with Gasteiger partial charge in [-0.05, 0) is 104 Å². The number of carbonyl (C=O) groups is 7. The Hall–Kier alpha value is -6.65. The zero-order chi connectivity index (χ0) is 88.8. The maximum absolute atomic E-state index is 14.3. The minimum absolute atomic E-state index is 0. The van der Waals surface area contributed by atoms with E-state index < -0.39 is 223 Å². The number of aliphatic hydroxyl groups is 12. The van der Waals surface area contributed by atoms with E-state index in [9.17, 15) is 94.8 Å². The first kappa shape index (κ1) is 95.0. The van der Waals surface area contributed by atoms with Gasteiger partial charge in [0.2, 0.25) is 0 Å². The van der Waals surface area contributed by atoms with Crippen LogP contribution >= 0.6 is 23.2 Å². The largest absolute Gasteiger partial charge is 0.455 e. The van der Waals surface area contributed by atoms with Gasteiger partial charge in [0, 0.05) is 85.9 Å². The normalized spacial score (nSPS) is 42.7. The van der Waals surface area contributed by atoms with Crippen LogP contribution in [-0.2, 0) is 61.8 Å². The third kappa shape index (κ3) is 14.2. The SMILES string of the molecule is C.CC(=O)O[C@@]12CO[C@@H]1C[C@H](C)[C@]1(C)C2[C@H](OC(=O)c2ccccc2)[C@]2(O)C[C@H](O)C(C)=C([C@@H](C)[C@H]1O)C2(C)C.CC(=O)O[C@@]12CO[C@@H]1C[C@H](O)[C@@]1(C)C(=O)[C@H](O)C3=C(C)[C@@H](O)C[C@@](O)([C@@H](OC(=O)c4ccccc4)C12)C3(C)C.CC(=O)O[C@@]12CO[C@@H]1C[C@H](O)[C@]1(C)C2[C@H](OC(=O)c2ccccc2)[C@]2(O)C[C@H](O)C(C)=C([C@@H](O)[C@H]1O)C2(C)C.ClCCl. The summed E-state index contributed by atoms with van der Waals surface area (Å²) in [5.74, 6) is -8.80. The molecule has 3 aliphatic heterocycles. The number of aliphatic hydroxyl groups excluding tert-OH is 9. The summed E-state index contributed by atoms with van der Waals surface area (Å²) >= 11 is 9.53. The van der Waals surface area contributed by atoms with Crippen molar-refractivity contribution in [3.8, 4) is 0 Å². The lowest BCUT2D eigenvalue weighted by atomic mass is 9.42. The van der Waals surface area contributed by atoms with E-state index in [2.05, 4.69) is 0 Å².